The lowest BCUT2D eigenvalue weighted by atomic mass is 10.7. The first kappa shape index (κ1) is 8.40. The smallest absolute Gasteiger partial charge is 0.147 e. The fourth-order valence-corrected chi connectivity index (χ4v) is 0.322. The molecule has 0 aromatic rings. The highest BCUT2D eigenvalue weighted by atomic mass is 16.7. The van der Waals surface area contributed by atoms with Crippen LogP contribution >= 0.6 is 0 Å². The van der Waals surface area contributed by atoms with Crippen LogP contribution in [0.4, 0.5) is 0 Å². The van der Waals surface area contributed by atoms with Gasteiger partial charge in [-0.25, -0.2) is 0 Å². The van der Waals surface area contributed by atoms with E-state index in [-0.39, 0.29) is 0 Å². The first-order chi connectivity index (χ1) is 4.41. The van der Waals surface area contributed by atoms with E-state index in [1.807, 2.05) is 0 Å². The number of hydrogen-bond acceptors (Lipinski definition) is 2. The van der Waals surface area contributed by atoms with E-state index in [9.17, 15) is 0 Å². The second-order valence-electron chi connectivity index (χ2n) is 1.44. The second-order valence-corrected chi connectivity index (χ2v) is 1.44. The van der Waals surface area contributed by atoms with Crippen molar-refractivity contribution in [3.63, 3.8) is 0 Å². The number of hydrogen-bond donors (Lipinski definition) is 0. The zero-order valence-electron chi connectivity index (χ0n) is 5.51. The highest BCUT2D eigenvalue weighted by molar-refractivity contribution is 4.64. The van der Waals surface area contributed by atoms with Gasteiger partial charge in [0.2, 0.25) is 0 Å². The van der Waals surface area contributed by atoms with Crippen LogP contribution in [-0.2, 0) is 9.47 Å². The largest absolute Gasteiger partial charge is 0.351 e. The minimum atomic E-state index is 0.317. The zero-order chi connectivity index (χ0) is 6.95. The molecular formula is C7H12O2. The standard InChI is InChI=1S/C7H12O2/c1-3-5-8-7-9-6-4-2/h3-4H,1-2,5-7H2. The van der Waals surface area contributed by atoms with Crippen molar-refractivity contribution in [2.75, 3.05) is 20.0 Å². The van der Waals surface area contributed by atoms with Gasteiger partial charge < -0.3 is 9.47 Å². The molecule has 2 nitrogen and oxygen atoms in total. The summed E-state index contributed by atoms with van der Waals surface area (Å²) in [5.41, 5.74) is 0. The third-order valence-electron chi connectivity index (χ3n) is 0.638. The average Bonchev–Trinajstić information content (AvgIpc) is 1.89. The molecule has 0 bridgehead atoms. The van der Waals surface area contributed by atoms with E-state index in [2.05, 4.69) is 13.2 Å². The average molecular weight is 128 g/mol. The Kier molecular flexibility index (Phi) is 6.91. The Hall–Kier alpha value is -0.600. The fourth-order valence-electron chi connectivity index (χ4n) is 0.322. The summed E-state index contributed by atoms with van der Waals surface area (Å²) in [7, 11) is 0. The van der Waals surface area contributed by atoms with Crippen LogP contribution in [0.3, 0.4) is 0 Å². The summed E-state index contributed by atoms with van der Waals surface area (Å²) in [5, 5.41) is 0. The van der Waals surface area contributed by atoms with Gasteiger partial charge >= 0.3 is 0 Å². The molecule has 0 heterocycles. The van der Waals surface area contributed by atoms with Crippen molar-refractivity contribution in [2.45, 2.75) is 0 Å². The van der Waals surface area contributed by atoms with Gasteiger partial charge in [0.05, 0.1) is 13.2 Å². The molecule has 0 aliphatic heterocycles. The normalized spacial score (nSPS) is 8.89. The van der Waals surface area contributed by atoms with Crippen LogP contribution in [0.1, 0.15) is 0 Å². The number of ether oxygens (including phenoxy) is 2. The lowest BCUT2D eigenvalue weighted by Crippen LogP contribution is -1.98. The molecule has 0 aliphatic carbocycles. The first-order valence-corrected chi connectivity index (χ1v) is 2.79. The topological polar surface area (TPSA) is 18.5 Å². The van der Waals surface area contributed by atoms with Gasteiger partial charge in [-0.1, -0.05) is 12.2 Å². The SMILES string of the molecule is C=CCOCOCC=C. The fraction of sp³-hybridized carbons (Fsp3) is 0.429. The molecule has 0 radical (unpaired) electrons. The third-order valence-corrected chi connectivity index (χ3v) is 0.638. The van der Waals surface area contributed by atoms with Gasteiger partial charge in [0.1, 0.15) is 6.79 Å². The summed E-state index contributed by atoms with van der Waals surface area (Å²) >= 11 is 0. The van der Waals surface area contributed by atoms with Gasteiger partial charge in [0.25, 0.3) is 0 Å². The molecule has 0 saturated heterocycles. The molecule has 0 fully saturated rings. The van der Waals surface area contributed by atoms with Crippen LogP contribution in [0, 0.1) is 0 Å². The summed E-state index contributed by atoms with van der Waals surface area (Å²) in [6, 6.07) is 0. The van der Waals surface area contributed by atoms with Crippen LogP contribution in [0.15, 0.2) is 25.3 Å². The molecule has 0 rings (SSSR count). The lowest BCUT2D eigenvalue weighted by molar-refractivity contribution is -0.0330. The van der Waals surface area contributed by atoms with Gasteiger partial charge in [-0.2, -0.15) is 0 Å². The highest BCUT2D eigenvalue weighted by Crippen LogP contribution is 1.78. The highest BCUT2D eigenvalue weighted by Gasteiger charge is 1.79. The summed E-state index contributed by atoms with van der Waals surface area (Å²) in [4.78, 5) is 0. The number of rotatable bonds is 6. The van der Waals surface area contributed by atoms with Crippen molar-refractivity contribution in [3.8, 4) is 0 Å². The van der Waals surface area contributed by atoms with Crippen molar-refractivity contribution in [1.29, 1.82) is 0 Å². The Balaban J connectivity index is 2.74. The zero-order valence-corrected chi connectivity index (χ0v) is 5.51. The third kappa shape index (κ3) is 7.40. The molecule has 0 aliphatic rings. The quantitative estimate of drug-likeness (QED) is 0.305. The molecule has 0 spiro atoms. The molecule has 2 heteroatoms. The van der Waals surface area contributed by atoms with E-state index in [4.69, 9.17) is 9.47 Å². The van der Waals surface area contributed by atoms with Gasteiger partial charge in [-0.15, -0.1) is 13.2 Å². The Morgan fingerprint density at radius 1 is 1.00 bits per heavy atom. The van der Waals surface area contributed by atoms with E-state index >= 15 is 0 Å². The summed E-state index contributed by atoms with van der Waals surface area (Å²) in [6.45, 7) is 8.35. The molecule has 0 unspecified atom stereocenters. The maximum absolute atomic E-state index is 4.90. The monoisotopic (exact) mass is 128 g/mol. The molecule has 52 valence electrons. The molecule has 0 aromatic carbocycles. The predicted molar refractivity (Wildman–Crippen MR) is 37.2 cm³/mol. The molecule has 9 heavy (non-hydrogen) atoms. The Morgan fingerprint density at radius 3 is 1.78 bits per heavy atom. The van der Waals surface area contributed by atoms with Crippen molar-refractivity contribution >= 4 is 0 Å². The van der Waals surface area contributed by atoms with Gasteiger partial charge in [0, 0.05) is 0 Å². The Labute approximate surface area is 55.8 Å². The molecule has 0 amide bonds. The van der Waals surface area contributed by atoms with Crippen molar-refractivity contribution in [1.82, 2.24) is 0 Å². The lowest BCUT2D eigenvalue weighted by Gasteiger charge is -1.98. The van der Waals surface area contributed by atoms with Crippen LogP contribution in [0.25, 0.3) is 0 Å². The molecule has 0 atom stereocenters. The van der Waals surface area contributed by atoms with E-state index in [0.29, 0.717) is 20.0 Å². The maximum Gasteiger partial charge on any atom is 0.147 e. The predicted octanol–water partition coefficient (Wildman–Crippen LogP) is 1.35. The van der Waals surface area contributed by atoms with E-state index in [1.165, 1.54) is 0 Å². The minimum Gasteiger partial charge on any atom is -0.351 e. The second kappa shape index (κ2) is 7.40. The molecular weight excluding hydrogens is 116 g/mol. The van der Waals surface area contributed by atoms with Crippen LogP contribution in [0.5, 0.6) is 0 Å². The molecule has 0 aromatic heterocycles. The Bertz CT molecular complexity index is 69.0. The Morgan fingerprint density at radius 2 is 1.44 bits per heavy atom. The van der Waals surface area contributed by atoms with Crippen LogP contribution < -0.4 is 0 Å². The van der Waals surface area contributed by atoms with Gasteiger partial charge in [-0.05, 0) is 0 Å². The molecule has 0 saturated carbocycles. The van der Waals surface area contributed by atoms with Crippen LogP contribution in [0.2, 0.25) is 0 Å². The van der Waals surface area contributed by atoms with Crippen molar-refractivity contribution in [2.24, 2.45) is 0 Å². The van der Waals surface area contributed by atoms with Gasteiger partial charge in [0.15, 0.2) is 0 Å². The summed E-state index contributed by atoms with van der Waals surface area (Å²) in [5.74, 6) is 0. The van der Waals surface area contributed by atoms with Crippen LogP contribution in [-0.4, -0.2) is 20.0 Å². The minimum absolute atomic E-state index is 0.317. The first-order valence-electron chi connectivity index (χ1n) is 2.79. The summed E-state index contributed by atoms with van der Waals surface area (Å²) in [6.07, 6.45) is 3.36. The van der Waals surface area contributed by atoms with Gasteiger partial charge in [-0.3, -0.25) is 0 Å². The van der Waals surface area contributed by atoms with E-state index in [1.54, 1.807) is 12.2 Å². The van der Waals surface area contributed by atoms with E-state index in [0.717, 1.165) is 0 Å². The maximum atomic E-state index is 4.90. The van der Waals surface area contributed by atoms with Crippen molar-refractivity contribution in [3.05, 3.63) is 25.3 Å². The van der Waals surface area contributed by atoms with Crippen molar-refractivity contribution < 1.29 is 9.47 Å². The molecule has 0 N–H and O–H groups in total. The summed E-state index contributed by atoms with van der Waals surface area (Å²) < 4.78 is 9.79. The van der Waals surface area contributed by atoms with E-state index < -0.39 is 0 Å².